The molecule has 0 aliphatic heterocycles. The van der Waals surface area contributed by atoms with Crippen LogP contribution >= 0.6 is 0 Å². The van der Waals surface area contributed by atoms with Crippen LogP contribution in [0.25, 0.3) is 5.53 Å². The van der Waals surface area contributed by atoms with Crippen LogP contribution in [0.3, 0.4) is 0 Å². The van der Waals surface area contributed by atoms with Gasteiger partial charge in [0.1, 0.15) is 0 Å². The molecule has 10 heavy (non-hydrogen) atoms. The van der Waals surface area contributed by atoms with E-state index in [9.17, 15) is 4.79 Å². The van der Waals surface area contributed by atoms with Gasteiger partial charge in [0.2, 0.25) is 0 Å². The fraction of sp³-hybridized carbons (Fsp3) is 0. The molecule has 0 saturated heterocycles. The standard InChI is InChI=1S/C6H5N3O/c7-8-5-6(10)9-3-1-2-4-9/h1-5H. The Morgan fingerprint density at radius 1 is 1.50 bits per heavy atom. The lowest BCUT2D eigenvalue weighted by Crippen LogP contribution is -2.08. The molecule has 0 bridgehead atoms. The van der Waals surface area contributed by atoms with Crippen molar-refractivity contribution in [1.82, 2.24) is 4.57 Å². The average molecular weight is 135 g/mol. The number of carbonyl (C=O) groups excluding carboxylic acids is 1. The third kappa shape index (κ3) is 1.18. The van der Waals surface area contributed by atoms with Crippen molar-refractivity contribution in [2.75, 3.05) is 0 Å². The van der Waals surface area contributed by atoms with E-state index in [1.54, 1.807) is 24.5 Å². The van der Waals surface area contributed by atoms with Gasteiger partial charge < -0.3 is 5.53 Å². The van der Waals surface area contributed by atoms with Gasteiger partial charge in [-0.1, -0.05) is 0 Å². The number of hydrogen-bond donors (Lipinski definition) is 0. The topological polar surface area (TPSA) is 58.4 Å². The van der Waals surface area contributed by atoms with Gasteiger partial charge in [0.25, 0.3) is 0 Å². The first kappa shape index (κ1) is 6.45. The molecular weight excluding hydrogens is 130 g/mol. The first-order valence-electron chi connectivity index (χ1n) is 2.69. The molecule has 0 radical (unpaired) electrons. The average Bonchev–Trinajstić information content (AvgIpc) is 2.38. The molecule has 0 saturated carbocycles. The molecule has 0 fully saturated rings. The molecule has 1 rings (SSSR count). The maximum atomic E-state index is 10.8. The van der Waals surface area contributed by atoms with Crippen LogP contribution in [0.4, 0.5) is 0 Å². The molecule has 50 valence electrons. The maximum Gasteiger partial charge on any atom is 0.345 e. The maximum absolute atomic E-state index is 10.8. The SMILES string of the molecule is [N-]=[N+]=CC(=O)n1cccc1. The predicted molar refractivity (Wildman–Crippen MR) is 34.7 cm³/mol. The van der Waals surface area contributed by atoms with Crippen molar-refractivity contribution in [2.24, 2.45) is 0 Å². The van der Waals surface area contributed by atoms with Crippen LogP contribution in [-0.4, -0.2) is 21.5 Å². The zero-order valence-electron chi connectivity index (χ0n) is 5.14. The second kappa shape index (κ2) is 2.75. The van der Waals surface area contributed by atoms with Crippen molar-refractivity contribution in [2.45, 2.75) is 0 Å². The molecule has 0 unspecified atom stereocenters. The molecule has 1 aromatic heterocycles. The van der Waals surface area contributed by atoms with Crippen molar-refractivity contribution < 1.29 is 9.58 Å². The Balaban J connectivity index is 2.87. The number of rotatable bonds is 1. The van der Waals surface area contributed by atoms with Crippen LogP contribution < -0.4 is 0 Å². The largest absolute Gasteiger partial charge is 0.361 e. The van der Waals surface area contributed by atoms with E-state index in [-0.39, 0.29) is 5.91 Å². The van der Waals surface area contributed by atoms with E-state index in [4.69, 9.17) is 5.53 Å². The van der Waals surface area contributed by atoms with Gasteiger partial charge >= 0.3 is 12.1 Å². The summed E-state index contributed by atoms with van der Waals surface area (Å²) < 4.78 is 1.31. The molecule has 0 aliphatic carbocycles. The Bertz CT molecular complexity index is 269. The van der Waals surface area contributed by atoms with Crippen LogP contribution in [0.1, 0.15) is 4.79 Å². The van der Waals surface area contributed by atoms with Crippen molar-refractivity contribution in [3.05, 3.63) is 30.1 Å². The fourth-order valence-electron chi connectivity index (χ4n) is 0.597. The van der Waals surface area contributed by atoms with Crippen molar-refractivity contribution >= 4 is 12.1 Å². The van der Waals surface area contributed by atoms with Gasteiger partial charge in [-0.15, -0.1) is 0 Å². The minimum Gasteiger partial charge on any atom is -0.361 e. The molecule has 1 heterocycles. The summed E-state index contributed by atoms with van der Waals surface area (Å²) >= 11 is 0. The normalized spacial score (nSPS) is 8.40. The third-order valence-electron chi connectivity index (χ3n) is 1.03. The van der Waals surface area contributed by atoms with Crippen LogP contribution in [0.5, 0.6) is 0 Å². The first-order chi connectivity index (χ1) is 4.84. The van der Waals surface area contributed by atoms with Crippen molar-refractivity contribution in [3.8, 4) is 0 Å². The number of hydrogen-bond acceptors (Lipinski definition) is 1. The Morgan fingerprint density at radius 3 is 2.60 bits per heavy atom. The second-order valence-electron chi connectivity index (χ2n) is 1.67. The van der Waals surface area contributed by atoms with E-state index >= 15 is 0 Å². The summed E-state index contributed by atoms with van der Waals surface area (Å²) in [4.78, 5) is 13.4. The highest BCUT2D eigenvalue weighted by molar-refractivity contribution is 6.24. The molecule has 0 spiro atoms. The summed E-state index contributed by atoms with van der Waals surface area (Å²) in [6.45, 7) is 0. The Morgan fingerprint density at radius 2 is 2.10 bits per heavy atom. The lowest BCUT2D eigenvalue weighted by Gasteiger charge is -1.86. The quantitative estimate of drug-likeness (QED) is 0.313. The predicted octanol–water partition coefficient (Wildman–Crippen LogP) is 0.429. The number of carbonyl (C=O) groups is 1. The molecule has 0 N–H and O–H groups in total. The van der Waals surface area contributed by atoms with Gasteiger partial charge in [0.05, 0.1) is 0 Å². The zero-order valence-corrected chi connectivity index (χ0v) is 5.14. The lowest BCUT2D eigenvalue weighted by molar-refractivity contribution is 0.00136. The van der Waals surface area contributed by atoms with E-state index in [2.05, 4.69) is 4.79 Å². The molecule has 4 heteroatoms. The number of aromatic nitrogens is 1. The summed E-state index contributed by atoms with van der Waals surface area (Å²) in [5.41, 5.74) is 7.97. The van der Waals surface area contributed by atoms with Crippen molar-refractivity contribution in [1.29, 1.82) is 0 Å². The van der Waals surface area contributed by atoms with Gasteiger partial charge in [-0.2, -0.15) is 4.79 Å². The summed E-state index contributed by atoms with van der Waals surface area (Å²) in [6.07, 6.45) is 3.98. The van der Waals surface area contributed by atoms with Crippen LogP contribution in [-0.2, 0) is 0 Å². The van der Waals surface area contributed by atoms with Gasteiger partial charge in [0, 0.05) is 12.4 Å². The Labute approximate surface area is 57.3 Å². The Hall–Kier alpha value is -1.67. The van der Waals surface area contributed by atoms with Gasteiger partial charge in [-0.05, 0) is 12.1 Å². The fourth-order valence-corrected chi connectivity index (χ4v) is 0.597. The van der Waals surface area contributed by atoms with Crippen molar-refractivity contribution in [3.63, 3.8) is 0 Å². The lowest BCUT2D eigenvalue weighted by atomic mass is 10.6. The molecule has 0 amide bonds. The summed E-state index contributed by atoms with van der Waals surface area (Å²) in [6, 6.07) is 3.42. The third-order valence-corrected chi connectivity index (χ3v) is 1.03. The molecule has 1 aromatic rings. The van der Waals surface area contributed by atoms with E-state index in [0.717, 1.165) is 6.21 Å². The number of nitrogens with zero attached hydrogens (tertiary/aromatic N) is 3. The summed E-state index contributed by atoms with van der Waals surface area (Å²) in [7, 11) is 0. The van der Waals surface area contributed by atoms with E-state index in [0.29, 0.717) is 0 Å². The first-order valence-corrected chi connectivity index (χ1v) is 2.69. The van der Waals surface area contributed by atoms with Crippen LogP contribution in [0, 0.1) is 0 Å². The van der Waals surface area contributed by atoms with E-state index in [1.165, 1.54) is 4.57 Å². The molecule has 4 nitrogen and oxygen atoms in total. The van der Waals surface area contributed by atoms with Gasteiger partial charge in [0.15, 0.2) is 0 Å². The minimum atomic E-state index is -0.368. The monoisotopic (exact) mass is 135 g/mol. The molecule has 0 aromatic carbocycles. The smallest absolute Gasteiger partial charge is 0.345 e. The highest BCUT2D eigenvalue weighted by atomic mass is 16.1. The highest BCUT2D eigenvalue weighted by Gasteiger charge is 2.01. The highest BCUT2D eigenvalue weighted by Crippen LogP contribution is 1.86. The minimum absolute atomic E-state index is 0.368. The summed E-state index contributed by atoms with van der Waals surface area (Å²) in [5, 5.41) is 0. The summed E-state index contributed by atoms with van der Waals surface area (Å²) in [5.74, 6) is -0.368. The second-order valence-corrected chi connectivity index (χ2v) is 1.67. The molecular formula is C6H5N3O. The molecule has 0 aliphatic rings. The van der Waals surface area contributed by atoms with E-state index < -0.39 is 0 Å². The van der Waals surface area contributed by atoms with Gasteiger partial charge in [-0.25, -0.2) is 0 Å². The van der Waals surface area contributed by atoms with Crippen LogP contribution in [0.15, 0.2) is 24.5 Å². The Kier molecular flexibility index (Phi) is 1.78. The van der Waals surface area contributed by atoms with E-state index in [1.807, 2.05) is 0 Å². The molecule has 0 atom stereocenters. The zero-order chi connectivity index (χ0) is 7.40. The van der Waals surface area contributed by atoms with Gasteiger partial charge in [-0.3, -0.25) is 9.36 Å². The van der Waals surface area contributed by atoms with Crippen LogP contribution in [0.2, 0.25) is 0 Å².